The van der Waals surface area contributed by atoms with E-state index in [0.717, 1.165) is 45.4 Å². The minimum absolute atomic E-state index is 0.0320. The van der Waals surface area contributed by atoms with Crippen molar-refractivity contribution in [3.8, 4) is 22.4 Å². The monoisotopic (exact) mass is 633 g/mol. The topological polar surface area (TPSA) is 90.3 Å². The number of hydrogen-bond donors (Lipinski definition) is 2. The van der Waals surface area contributed by atoms with Gasteiger partial charge in [0.1, 0.15) is 6.61 Å². The molecule has 8 nitrogen and oxygen atoms in total. The Bertz CT molecular complexity index is 2090. The van der Waals surface area contributed by atoms with Crippen molar-refractivity contribution in [3.63, 3.8) is 0 Å². The van der Waals surface area contributed by atoms with Gasteiger partial charge in [-0.2, -0.15) is 0 Å². The molecule has 6 aromatic rings. The van der Waals surface area contributed by atoms with E-state index in [1.165, 1.54) is 11.1 Å². The summed E-state index contributed by atoms with van der Waals surface area (Å²) < 4.78 is 13.7. The van der Waals surface area contributed by atoms with Crippen LogP contribution in [-0.4, -0.2) is 33.8 Å². The second-order valence-electron chi connectivity index (χ2n) is 11.6. The predicted molar refractivity (Wildman–Crippen MR) is 191 cm³/mol. The maximum atomic E-state index is 13.1. The Hall–Kier alpha value is -5.99. The molecule has 1 amide bonds. The zero-order chi connectivity index (χ0) is 32.9. The Balaban J connectivity index is 1.09. The van der Waals surface area contributed by atoms with E-state index in [2.05, 4.69) is 88.1 Å². The van der Waals surface area contributed by atoms with E-state index < -0.39 is 6.09 Å². The molecule has 0 aliphatic heterocycles. The lowest BCUT2D eigenvalue weighted by Crippen LogP contribution is -2.18. The van der Waals surface area contributed by atoms with Crippen molar-refractivity contribution in [3.05, 3.63) is 151 Å². The largest absolute Gasteiger partial charge is 0.448 e. The Morgan fingerprint density at radius 2 is 1.65 bits per heavy atom. The second-order valence-corrected chi connectivity index (χ2v) is 11.6. The molecule has 0 fully saturated rings. The van der Waals surface area contributed by atoms with Crippen LogP contribution in [0.2, 0.25) is 0 Å². The number of carbonyl (C=O) groups excluding carboxylic acids is 1. The molecule has 7 rings (SSSR count). The fraction of sp³-hybridized carbons (Fsp3) is 0.125. The number of carbonyl (C=O) groups is 1. The van der Waals surface area contributed by atoms with E-state index in [-0.39, 0.29) is 12.5 Å². The Kier molecular flexibility index (Phi) is 8.80. The van der Waals surface area contributed by atoms with E-state index in [1.54, 1.807) is 12.3 Å². The number of nitrogens with zero attached hydrogens (tertiary/aromatic N) is 3. The van der Waals surface area contributed by atoms with E-state index >= 15 is 0 Å². The van der Waals surface area contributed by atoms with E-state index in [4.69, 9.17) is 14.5 Å². The number of anilines is 3. The molecule has 48 heavy (non-hydrogen) atoms. The summed E-state index contributed by atoms with van der Waals surface area (Å²) in [6.45, 7) is 9.27. The van der Waals surface area contributed by atoms with Crippen molar-refractivity contribution in [1.29, 1.82) is 0 Å². The summed E-state index contributed by atoms with van der Waals surface area (Å²) in [5.74, 6) is 0.390. The number of hydrogen-bond acceptors (Lipinski definition) is 6. The number of amides is 1. The van der Waals surface area contributed by atoms with Gasteiger partial charge >= 0.3 is 6.09 Å². The quantitative estimate of drug-likeness (QED) is 0.103. The van der Waals surface area contributed by atoms with Crippen LogP contribution in [0.4, 0.5) is 22.1 Å². The fourth-order valence-electron chi connectivity index (χ4n) is 6.28. The lowest BCUT2D eigenvalue weighted by molar-refractivity contribution is 0.149. The molecule has 2 heterocycles. The maximum Gasteiger partial charge on any atom is 0.411 e. The zero-order valence-corrected chi connectivity index (χ0v) is 26.4. The molecule has 0 bridgehead atoms. The van der Waals surface area contributed by atoms with Crippen molar-refractivity contribution >= 4 is 34.3 Å². The van der Waals surface area contributed by atoms with Gasteiger partial charge in [-0.25, -0.2) is 14.8 Å². The van der Waals surface area contributed by atoms with Crippen molar-refractivity contribution in [2.24, 2.45) is 0 Å². The maximum absolute atomic E-state index is 13.1. The summed E-state index contributed by atoms with van der Waals surface area (Å²) in [6, 6.07) is 32.4. The molecule has 4 aromatic carbocycles. The summed E-state index contributed by atoms with van der Waals surface area (Å²) in [5, 5.41) is 7.38. The van der Waals surface area contributed by atoms with Gasteiger partial charge in [0.2, 0.25) is 5.95 Å². The molecule has 0 spiro atoms. The molecular formula is C40H35N5O3. The first kappa shape index (κ1) is 30.7. The number of rotatable bonds is 12. The number of nitrogens with one attached hydrogen (secondary N) is 2. The number of fused-ring (bicyclic) bond motifs is 4. The molecular weight excluding hydrogens is 598 g/mol. The Morgan fingerprint density at radius 1 is 0.875 bits per heavy atom. The third kappa shape index (κ3) is 6.47. The molecule has 0 unspecified atom stereocenters. The molecule has 0 atom stereocenters. The fourth-order valence-corrected chi connectivity index (χ4v) is 6.28. The molecule has 8 heteroatoms. The van der Waals surface area contributed by atoms with E-state index in [0.29, 0.717) is 30.5 Å². The van der Waals surface area contributed by atoms with Crippen LogP contribution >= 0.6 is 0 Å². The summed E-state index contributed by atoms with van der Waals surface area (Å²) in [5.41, 5.74) is 9.63. The van der Waals surface area contributed by atoms with Crippen LogP contribution in [-0.2, 0) is 22.6 Å². The molecule has 0 saturated heterocycles. The average molecular weight is 634 g/mol. The Labute approximate surface area is 279 Å². The minimum Gasteiger partial charge on any atom is -0.448 e. The molecule has 0 radical (unpaired) electrons. The van der Waals surface area contributed by atoms with Crippen molar-refractivity contribution in [2.45, 2.75) is 19.1 Å². The van der Waals surface area contributed by atoms with Gasteiger partial charge in [-0.05, 0) is 69.6 Å². The SMILES string of the molecule is C=CCOCc1cc(NC(=O)OCC2c3ccccc3-c3ccccc32)cc(Nc2nccc(-c3ccc4ccn(CC=C)c4c3)n2)c1. The molecule has 1 aliphatic rings. The van der Waals surface area contributed by atoms with Crippen LogP contribution in [0, 0.1) is 0 Å². The van der Waals surface area contributed by atoms with Crippen molar-refractivity contribution in [1.82, 2.24) is 14.5 Å². The number of ether oxygens (including phenoxy) is 2. The minimum atomic E-state index is -0.540. The van der Waals surface area contributed by atoms with E-state index in [1.807, 2.05) is 54.6 Å². The third-order valence-electron chi connectivity index (χ3n) is 8.39. The molecule has 2 N–H and O–H groups in total. The average Bonchev–Trinajstić information content (AvgIpc) is 3.66. The zero-order valence-electron chi connectivity index (χ0n) is 26.4. The highest BCUT2D eigenvalue weighted by molar-refractivity contribution is 5.87. The summed E-state index contributed by atoms with van der Waals surface area (Å²) in [7, 11) is 0. The Morgan fingerprint density at radius 3 is 2.42 bits per heavy atom. The van der Waals surface area contributed by atoms with Gasteiger partial charge in [-0.15, -0.1) is 13.2 Å². The lowest BCUT2D eigenvalue weighted by Gasteiger charge is -2.16. The van der Waals surface area contributed by atoms with Gasteiger partial charge in [0.05, 0.1) is 18.9 Å². The number of allylic oxidation sites excluding steroid dienone is 1. The lowest BCUT2D eigenvalue weighted by atomic mass is 9.98. The first-order valence-electron chi connectivity index (χ1n) is 15.8. The number of aromatic nitrogens is 3. The van der Waals surface area contributed by atoms with Crippen molar-refractivity contribution < 1.29 is 14.3 Å². The highest BCUT2D eigenvalue weighted by Gasteiger charge is 2.29. The normalized spacial score (nSPS) is 11.9. The molecule has 0 saturated carbocycles. The van der Waals surface area contributed by atoms with Gasteiger partial charge in [0.25, 0.3) is 0 Å². The number of benzene rings is 4. The summed E-state index contributed by atoms with van der Waals surface area (Å²) in [4.78, 5) is 22.4. The van der Waals surface area contributed by atoms with Crippen LogP contribution in [0.3, 0.4) is 0 Å². The van der Waals surface area contributed by atoms with Crippen LogP contribution in [0.1, 0.15) is 22.6 Å². The predicted octanol–water partition coefficient (Wildman–Crippen LogP) is 9.09. The third-order valence-corrected chi connectivity index (χ3v) is 8.39. The first-order chi connectivity index (χ1) is 23.6. The molecule has 238 valence electrons. The summed E-state index contributed by atoms with van der Waals surface area (Å²) >= 11 is 0. The van der Waals surface area contributed by atoms with E-state index in [9.17, 15) is 4.79 Å². The smallest absolute Gasteiger partial charge is 0.411 e. The van der Waals surface area contributed by atoms with Crippen molar-refractivity contribution in [2.75, 3.05) is 23.8 Å². The molecule has 2 aromatic heterocycles. The van der Waals surface area contributed by atoms with Crippen LogP contribution in [0.25, 0.3) is 33.3 Å². The van der Waals surface area contributed by atoms with Crippen LogP contribution < -0.4 is 10.6 Å². The second kappa shape index (κ2) is 13.8. The van der Waals surface area contributed by atoms with Gasteiger partial charge in [0.15, 0.2) is 0 Å². The highest BCUT2D eigenvalue weighted by atomic mass is 16.5. The van der Waals surface area contributed by atoms with Gasteiger partial charge in [-0.1, -0.05) is 72.8 Å². The standard InChI is InChI=1S/C40H35N5O3/c1-3-18-45-19-16-28-13-14-29(23-38(28)45)37-15-17-41-39(44-37)42-30-21-27(25-47-20-4-2)22-31(24-30)43-40(46)48-26-36-34-11-7-5-9-32(34)33-10-6-8-12-35(33)36/h3-17,19,21-24,36H,1-2,18,20,25-26H2,(H,43,46)(H,41,42,44). The highest BCUT2D eigenvalue weighted by Crippen LogP contribution is 2.44. The first-order valence-corrected chi connectivity index (χ1v) is 15.8. The van der Waals surface area contributed by atoms with Gasteiger partial charge in [-0.3, -0.25) is 5.32 Å². The molecule has 1 aliphatic carbocycles. The van der Waals surface area contributed by atoms with Gasteiger partial charge < -0.3 is 19.4 Å². The van der Waals surface area contributed by atoms with Crippen LogP contribution in [0.15, 0.2) is 135 Å². The van der Waals surface area contributed by atoms with Crippen LogP contribution in [0.5, 0.6) is 0 Å². The summed E-state index contributed by atoms with van der Waals surface area (Å²) in [6.07, 6.45) is 6.82. The van der Waals surface area contributed by atoms with Gasteiger partial charge in [0, 0.05) is 47.3 Å².